The number of nitrogens with two attached hydrogens (primary N) is 1. The van der Waals surface area contributed by atoms with Gasteiger partial charge in [0, 0.05) is 24.7 Å². The molecule has 4 nitrogen and oxygen atoms in total. The molecule has 0 aliphatic heterocycles. The predicted molar refractivity (Wildman–Crippen MR) is 49.8 cm³/mol. The molecule has 0 saturated heterocycles. The van der Waals surface area contributed by atoms with Crippen molar-refractivity contribution in [1.29, 1.82) is 0 Å². The molecule has 0 saturated carbocycles. The molecule has 0 radical (unpaired) electrons. The minimum Gasteiger partial charge on any atom is -0.396 e. The van der Waals surface area contributed by atoms with E-state index in [-0.39, 0.29) is 25.0 Å². The van der Waals surface area contributed by atoms with E-state index in [1.807, 2.05) is 0 Å². The lowest BCUT2D eigenvalue weighted by molar-refractivity contribution is -0.115. The van der Waals surface area contributed by atoms with E-state index in [9.17, 15) is 4.79 Å². The monoisotopic (exact) mass is 187 g/mol. The van der Waals surface area contributed by atoms with Crippen LogP contribution >= 0.6 is 0 Å². The molecule has 2 atom stereocenters. The number of hydrogen-bond acceptors (Lipinski definition) is 3. The quantitative estimate of drug-likeness (QED) is 0.515. The normalized spacial score (nSPS) is 16.8. The van der Waals surface area contributed by atoms with Crippen molar-refractivity contribution in [2.24, 2.45) is 17.6 Å². The maximum absolute atomic E-state index is 10.9. The van der Waals surface area contributed by atoms with E-state index in [1.165, 1.54) is 0 Å². The summed E-state index contributed by atoms with van der Waals surface area (Å²) in [6, 6.07) is 0. The van der Waals surface area contributed by atoms with Gasteiger partial charge in [0.2, 0.25) is 5.91 Å². The van der Waals surface area contributed by atoms with Gasteiger partial charge in [-0.2, -0.15) is 0 Å². The number of hydrogen-bond donors (Lipinski definition) is 3. The summed E-state index contributed by atoms with van der Waals surface area (Å²) in [5.74, 6) is -0.926. The van der Waals surface area contributed by atoms with Crippen LogP contribution in [-0.4, -0.2) is 29.3 Å². The number of carbonyl (C=O) groups excluding carboxylic acids is 1. The Labute approximate surface area is 78.1 Å². The Morgan fingerprint density at radius 3 is 2.23 bits per heavy atom. The Hall–Kier alpha value is -0.870. The summed E-state index contributed by atoms with van der Waals surface area (Å²) in [5.41, 5.74) is 5.49. The van der Waals surface area contributed by atoms with Crippen LogP contribution in [0.4, 0.5) is 0 Å². The summed E-state index contributed by atoms with van der Waals surface area (Å²) in [6.45, 7) is 3.33. The lowest BCUT2D eigenvalue weighted by atomic mass is 9.97. The van der Waals surface area contributed by atoms with Crippen molar-refractivity contribution in [3.63, 3.8) is 0 Å². The lowest BCUT2D eigenvalue weighted by Crippen LogP contribution is -2.22. The van der Waals surface area contributed by atoms with Crippen LogP contribution in [-0.2, 0) is 4.79 Å². The van der Waals surface area contributed by atoms with E-state index in [4.69, 9.17) is 15.9 Å². The molecule has 0 aliphatic carbocycles. The molecular weight excluding hydrogens is 170 g/mol. The van der Waals surface area contributed by atoms with Crippen LogP contribution in [0.15, 0.2) is 11.6 Å². The van der Waals surface area contributed by atoms with Gasteiger partial charge in [0.15, 0.2) is 0 Å². The van der Waals surface area contributed by atoms with Gasteiger partial charge < -0.3 is 15.9 Å². The van der Waals surface area contributed by atoms with E-state index >= 15 is 0 Å². The van der Waals surface area contributed by atoms with Crippen molar-refractivity contribution in [3.8, 4) is 0 Å². The molecule has 0 bridgehead atoms. The third kappa shape index (κ3) is 4.05. The molecule has 0 aromatic carbocycles. The molecule has 0 aliphatic rings. The standard InChI is InChI=1S/C9H17NO3/c1-6(4-11)3-8(9(10)13)7(2)5-12/h3,6-7,11-12H,4-5H2,1-2H3,(H2,10,13)/b8-3-. The summed E-state index contributed by atoms with van der Waals surface area (Å²) in [6.07, 6.45) is 1.60. The molecule has 4 N–H and O–H groups in total. The van der Waals surface area contributed by atoms with Crippen LogP contribution in [0.3, 0.4) is 0 Å². The molecule has 13 heavy (non-hydrogen) atoms. The highest BCUT2D eigenvalue weighted by Gasteiger charge is 2.14. The minimum atomic E-state index is -0.540. The van der Waals surface area contributed by atoms with E-state index in [1.54, 1.807) is 19.9 Å². The van der Waals surface area contributed by atoms with E-state index in [0.29, 0.717) is 5.57 Å². The van der Waals surface area contributed by atoms with Crippen LogP contribution in [0.5, 0.6) is 0 Å². The number of aliphatic hydroxyl groups is 2. The Morgan fingerprint density at radius 1 is 1.38 bits per heavy atom. The zero-order valence-corrected chi connectivity index (χ0v) is 8.03. The molecule has 0 aromatic rings. The first-order valence-electron chi connectivity index (χ1n) is 4.26. The topological polar surface area (TPSA) is 83.6 Å². The highest BCUT2D eigenvalue weighted by atomic mass is 16.3. The number of primary amides is 1. The minimum absolute atomic E-state index is 0.0328. The van der Waals surface area contributed by atoms with Gasteiger partial charge in [-0.3, -0.25) is 4.79 Å². The molecule has 0 rings (SSSR count). The number of rotatable bonds is 5. The fourth-order valence-corrected chi connectivity index (χ4v) is 0.947. The fourth-order valence-electron chi connectivity index (χ4n) is 0.947. The van der Waals surface area contributed by atoms with Gasteiger partial charge in [0.25, 0.3) is 0 Å². The third-order valence-corrected chi connectivity index (χ3v) is 1.84. The van der Waals surface area contributed by atoms with Crippen molar-refractivity contribution >= 4 is 5.91 Å². The summed E-state index contributed by atoms with van der Waals surface area (Å²) < 4.78 is 0. The first kappa shape index (κ1) is 12.1. The van der Waals surface area contributed by atoms with E-state index in [0.717, 1.165) is 0 Å². The maximum Gasteiger partial charge on any atom is 0.244 e. The lowest BCUT2D eigenvalue weighted by Gasteiger charge is -2.11. The molecule has 2 unspecified atom stereocenters. The first-order valence-corrected chi connectivity index (χ1v) is 4.26. The number of aliphatic hydroxyl groups excluding tert-OH is 2. The van der Waals surface area contributed by atoms with Crippen molar-refractivity contribution in [3.05, 3.63) is 11.6 Å². The Balaban J connectivity index is 4.59. The maximum atomic E-state index is 10.9. The van der Waals surface area contributed by atoms with Crippen LogP contribution in [0.25, 0.3) is 0 Å². The van der Waals surface area contributed by atoms with Gasteiger partial charge in [-0.05, 0) is 5.92 Å². The zero-order chi connectivity index (χ0) is 10.4. The summed E-state index contributed by atoms with van der Waals surface area (Å²) in [5, 5.41) is 17.6. The van der Waals surface area contributed by atoms with Gasteiger partial charge in [0.05, 0.1) is 0 Å². The van der Waals surface area contributed by atoms with Crippen molar-refractivity contribution in [2.75, 3.05) is 13.2 Å². The zero-order valence-electron chi connectivity index (χ0n) is 8.03. The summed E-state index contributed by atoms with van der Waals surface area (Å²) in [4.78, 5) is 10.9. The fraction of sp³-hybridized carbons (Fsp3) is 0.667. The average molecular weight is 187 g/mol. The van der Waals surface area contributed by atoms with Gasteiger partial charge in [0.1, 0.15) is 0 Å². The third-order valence-electron chi connectivity index (χ3n) is 1.84. The van der Waals surface area contributed by atoms with Gasteiger partial charge in [-0.25, -0.2) is 0 Å². The van der Waals surface area contributed by atoms with Gasteiger partial charge in [-0.15, -0.1) is 0 Å². The average Bonchev–Trinajstić information content (AvgIpc) is 2.11. The van der Waals surface area contributed by atoms with Crippen molar-refractivity contribution in [1.82, 2.24) is 0 Å². The van der Waals surface area contributed by atoms with Gasteiger partial charge in [-0.1, -0.05) is 19.9 Å². The summed E-state index contributed by atoms with van der Waals surface area (Å²) >= 11 is 0. The molecule has 1 amide bonds. The van der Waals surface area contributed by atoms with Crippen LogP contribution in [0.1, 0.15) is 13.8 Å². The van der Waals surface area contributed by atoms with Crippen LogP contribution in [0, 0.1) is 11.8 Å². The Morgan fingerprint density at radius 2 is 1.92 bits per heavy atom. The summed E-state index contributed by atoms with van der Waals surface area (Å²) in [7, 11) is 0. The highest BCUT2D eigenvalue weighted by Crippen LogP contribution is 2.12. The predicted octanol–water partition coefficient (Wildman–Crippen LogP) is -0.345. The second-order valence-corrected chi connectivity index (χ2v) is 3.23. The molecule has 0 fully saturated rings. The smallest absolute Gasteiger partial charge is 0.244 e. The number of amides is 1. The molecule has 0 heterocycles. The first-order chi connectivity index (χ1) is 6.02. The Kier molecular flexibility index (Phi) is 5.34. The molecule has 4 heteroatoms. The van der Waals surface area contributed by atoms with Crippen LogP contribution < -0.4 is 5.73 Å². The Bertz CT molecular complexity index is 201. The van der Waals surface area contributed by atoms with E-state index < -0.39 is 5.91 Å². The largest absolute Gasteiger partial charge is 0.396 e. The van der Waals surface area contributed by atoms with Gasteiger partial charge >= 0.3 is 0 Å². The second-order valence-electron chi connectivity index (χ2n) is 3.23. The molecule has 0 aromatic heterocycles. The van der Waals surface area contributed by atoms with Crippen LogP contribution in [0.2, 0.25) is 0 Å². The second kappa shape index (κ2) is 5.72. The number of carbonyl (C=O) groups is 1. The van der Waals surface area contributed by atoms with E-state index in [2.05, 4.69) is 0 Å². The molecular formula is C9H17NO3. The highest BCUT2D eigenvalue weighted by molar-refractivity contribution is 5.92. The molecule has 0 spiro atoms. The molecule has 76 valence electrons. The van der Waals surface area contributed by atoms with Crippen molar-refractivity contribution < 1.29 is 15.0 Å². The van der Waals surface area contributed by atoms with Crippen molar-refractivity contribution in [2.45, 2.75) is 13.8 Å². The SMILES string of the molecule is CC(/C=C(\C(N)=O)C(C)CO)CO.